The second-order valence-electron chi connectivity index (χ2n) is 5.31. The molecule has 3 nitrogen and oxygen atoms in total. The first-order valence-corrected chi connectivity index (χ1v) is 5.84. The molecule has 3 heteroatoms. The predicted molar refractivity (Wildman–Crippen MR) is 64.6 cm³/mol. The maximum atomic E-state index is 11.6. The summed E-state index contributed by atoms with van der Waals surface area (Å²) in [6, 6.07) is 0.290. The van der Waals surface area contributed by atoms with Crippen LogP contribution in [0.15, 0.2) is 0 Å². The van der Waals surface area contributed by atoms with Gasteiger partial charge in [-0.05, 0) is 32.6 Å². The highest BCUT2D eigenvalue weighted by Crippen LogP contribution is 2.09. The molecule has 0 heterocycles. The van der Waals surface area contributed by atoms with E-state index >= 15 is 0 Å². The van der Waals surface area contributed by atoms with Crippen molar-refractivity contribution in [3.05, 3.63) is 0 Å². The van der Waals surface area contributed by atoms with E-state index in [0.29, 0.717) is 18.4 Å². The van der Waals surface area contributed by atoms with Crippen LogP contribution in [0.25, 0.3) is 0 Å². The van der Waals surface area contributed by atoms with E-state index in [-0.39, 0.29) is 11.4 Å². The monoisotopic (exact) mass is 214 g/mol. The highest BCUT2D eigenvalue weighted by atomic mass is 16.1. The van der Waals surface area contributed by atoms with Crippen LogP contribution in [0.2, 0.25) is 0 Å². The van der Waals surface area contributed by atoms with Gasteiger partial charge in [-0.3, -0.25) is 4.79 Å². The minimum Gasteiger partial charge on any atom is -0.353 e. The molecule has 0 aromatic carbocycles. The molecule has 0 radical (unpaired) electrons. The average molecular weight is 214 g/mol. The molecule has 0 bridgehead atoms. The second-order valence-corrected chi connectivity index (χ2v) is 5.31. The zero-order valence-electron chi connectivity index (χ0n) is 10.8. The van der Waals surface area contributed by atoms with Gasteiger partial charge in [0.1, 0.15) is 0 Å². The summed E-state index contributed by atoms with van der Waals surface area (Å²) in [5.74, 6) is 0.610. The summed E-state index contributed by atoms with van der Waals surface area (Å²) >= 11 is 0. The summed E-state index contributed by atoms with van der Waals surface area (Å²) < 4.78 is 0. The molecule has 1 atom stereocenters. The van der Waals surface area contributed by atoms with E-state index in [1.54, 1.807) is 0 Å². The van der Waals surface area contributed by atoms with Crippen LogP contribution in [0, 0.1) is 5.92 Å². The summed E-state index contributed by atoms with van der Waals surface area (Å²) in [4.78, 5) is 11.6. The fraction of sp³-hybridized carbons (Fsp3) is 0.917. The van der Waals surface area contributed by atoms with Gasteiger partial charge in [-0.15, -0.1) is 0 Å². The minimum absolute atomic E-state index is 0.120. The fourth-order valence-corrected chi connectivity index (χ4v) is 1.45. The average Bonchev–Trinajstić information content (AvgIpc) is 2.09. The Morgan fingerprint density at radius 2 is 1.93 bits per heavy atom. The Hall–Kier alpha value is -0.570. The third-order valence-electron chi connectivity index (χ3n) is 2.59. The van der Waals surface area contributed by atoms with E-state index in [1.165, 1.54) is 0 Å². The van der Waals surface area contributed by atoms with Crippen molar-refractivity contribution in [3.63, 3.8) is 0 Å². The van der Waals surface area contributed by atoms with Crippen LogP contribution in [-0.4, -0.2) is 17.5 Å². The van der Waals surface area contributed by atoms with E-state index in [0.717, 1.165) is 12.8 Å². The van der Waals surface area contributed by atoms with Gasteiger partial charge in [0.05, 0.1) is 0 Å². The molecule has 0 aliphatic heterocycles. The lowest BCUT2D eigenvalue weighted by atomic mass is 9.98. The Bertz CT molecular complexity index is 194. The van der Waals surface area contributed by atoms with Crippen LogP contribution in [0.5, 0.6) is 0 Å². The molecule has 0 saturated carbocycles. The van der Waals surface area contributed by atoms with Gasteiger partial charge in [-0.25, -0.2) is 0 Å². The molecule has 0 rings (SSSR count). The predicted octanol–water partition coefficient (Wildman–Crippen LogP) is 2.05. The van der Waals surface area contributed by atoms with Crippen molar-refractivity contribution in [2.75, 3.05) is 0 Å². The molecule has 0 aromatic rings. The Balaban J connectivity index is 3.92. The third-order valence-corrected chi connectivity index (χ3v) is 2.59. The molecule has 1 unspecified atom stereocenters. The minimum atomic E-state index is -0.253. The van der Waals surface area contributed by atoms with Crippen molar-refractivity contribution >= 4 is 5.91 Å². The SMILES string of the molecule is CCC(NC(=O)CCC(C)(C)N)C(C)C. The highest BCUT2D eigenvalue weighted by molar-refractivity contribution is 5.76. The van der Waals surface area contributed by atoms with Crippen LogP contribution in [-0.2, 0) is 4.79 Å². The normalized spacial score (nSPS) is 14.1. The van der Waals surface area contributed by atoms with Crippen molar-refractivity contribution in [2.45, 2.75) is 65.5 Å². The maximum Gasteiger partial charge on any atom is 0.220 e. The summed E-state index contributed by atoms with van der Waals surface area (Å²) in [7, 11) is 0. The fourth-order valence-electron chi connectivity index (χ4n) is 1.45. The summed E-state index contributed by atoms with van der Waals surface area (Å²) in [6.07, 6.45) is 2.23. The van der Waals surface area contributed by atoms with Gasteiger partial charge in [-0.2, -0.15) is 0 Å². The third kappa shape index (κ3) is 7.37. The number of amides is 1. The Labute approximate surface area is 93.8 Å². The van der Waals surface area contributed by atoms with E-state index in [1.807, 2.05) is 13.8 Å². The van der Waals surface area contributed by atoms with Gasteiger partial charge in [0, 0.05) is 18.0 Å². The summed E-state index contributed by atoms with van der Waals surface area (Å²) in [6.45, 7) is 10.2. The number of rotatable bonds is 6. The maximum absolute atomic E-state index is 11.6. The zero-order valence-corrected chi connectivity index (χ0v) is 10.8. The largest absolute Gasteiger partial charge is 0.353 e. The lowest BCUT2D eigenvalue weighted by Gasteiger charge is -2.22. The van der Waals surface area contributed by atoms with Crippen LogP contribution >= 0.6 is 0 Å². The van der Waals surface area contributed by atoms with E-state index in [9.17, 15) is 4.79 Å². The Kier molecular flexibility index (Phi) is 5.88. The smallest absolute Gasteiger partial charge is 0.220 e. The van der Waals surface area contributed by atoms with Crippen molar-refractivity contribution in [2.24, 2.45) is 11.7 Å². The van der Waals surface area contributed by atoms with Gasteiger partial charge < -0.3 is 11.1 Å². The molecule has 15 heavy (non-hydrogen) atoms. The second kappa shape index (κ2) is 6.11. The summed E-state index contributed by atoms with van der Waals surface area (Å²) in [5.41, 5.74) is 5.57. The number of hydrogen-bond acceptors (Lipinski definition) is 2. The quantitative estimate of drug-likeness (QED) is 0.711. The van der Waals surface area contributed by atoms with Crippen molar-refractivity contribution < 1.29 is 4.79 Å². The lowest BCUT2D eigenvalue weighted by molar-refractivity contribution is -0.122. The van der Waals surface area contributed by atoms with Crippen molar-refractivity contribution in [1.82, 2.24) is 5.32 Å². The van der Waals surface area contributed by atoms with Gasteiger partial charge in [-0.1, -0.05) is 20.8 Å². The van der Waals surface area contributed by atoms with E-state index in [2.05, 4.69) is 26.1 Å². The Morgan fingerprint density at radius 1 is 1.40 bits per heavy atom. The number of hydrogen-bond donors (Lipinski definition) is 2. The molecule has 0 aromatic heterocycles. The lowest BCUT2D eigenvalue weighted by Crippen LogP contribution is -2.40. The number of carbonyl (C=O) groups is 1. The molecule has 0 saturated heterocycles. The number of nitrogens with one attached hydrogen (secondary N) is 1. The van der Waals surface area contributed by atoms with Gasteiger partial charge in [0.15, 0.2) is 0 Å². The molecular weight excluding hydrogens is 188 g/mol. The highest BCUT2D eigenvalue weighted by Gasteiger charge is 2.16. The van der Waals surface area contributed by atoms with Gasteiger partial charge in [0.2, 0.25) is 5.91 Å². The molecule has 0 aliphatic carbocycles. The first kappa shape index (κ1) is 14.4. The van der Waals surface area contributed by atoms with Crippen molar-refractivity contribution in [3.8, 4) is 0 Å². The molecule has 0 fully saturated rings. The van der Waals surface area contributed by atoms with Crippen molar-refractivity contribution in [1.29, 1.82) is 0 Å². The molecule has 0 aliphatic rings. The summed E-state index contributed by atoms with van der Waals surface area (Å²) in [5, 5.41) is 3.04. The molecule has 0 spiro atoms. The van der Waals surface area contributed by atoms with E-state index < -0.39 is 0 Å². The van der Waals surface area contributed by atoms with Crippen LogP contribution < -0.4 is 11.1 Å². The standard InChI is InChI=1S/C12H26N2O/c1-6-10(9(2)3)14-11(15)7-8-12(4,5)13/h9-10H,6-8,13H2,1-5H3,(H,14,15). The number of nitrogens with two attached hydrogens (primary N) is 1. The van der Waals surface area contributed by atoms with Crippen LogP contribution in [0.3, 0.4) is 0 Å². The Morgan fingerprint density at radius 3 is 2.27 bits per heavy atom. The van der Waals surface area contributed by atoms with Gasteiger partial charge in [0.25, 0.3) is 0 Å². The zero-order chi connectivity index (χ0) is 12.1. The molecule has 90 valence electrons. The van der Waals surface area contributed by atoms with Crippen LogP contribution in [0.1, 0.15) is 53.9 Å². The van der Waals surface area contributed by atoms with Gasteiger partial charge >= 0.3 is 0 Å². The first-order valence-electron chi connectivity index (χ1n) is 5.84. The number of carbonyl (C=O) groups excluding carboxylic acids is 1. The molecule has 3 N–H and O–H groups in total. The topological polar surface area (TPSA) is 55.1 Å². The van der Waals surface area contributed by atoms with E-state index in [4.69, 9.17) is 5.73 Å². The molecule has 1 amide bonds. The van der Waals surface area contributed by atoms with Crippen LogP contribution in [0.4, 0.5) is 0 Å². The first-order chi connectivity index (χ1) is 6.76. The molecular formula is C12H26N2O.